The van der Waals surface area contributed by atoms with Gasteiger partial charge in [0.2, 0.25) is 0 Å². The van der Waals surface area contributed by atoms with Crippen LogP contribution < -0.4 is 4.74 Å². The van der Waals surface area contributed by atoms with Crippen molar-refractivity contribution in [3.63, 3.8) is 0 Å². The van der Waals surface area contributed by atoms with Crippen LogP contribution in [0.3, 0.4) is 0 Å². The first-order valence-corrected chi connectivity index (χ1v) is 10.9. The van der Waals surface area contributed by atoms with Gasteiger partial charge >= 0.3 is 0 Å². The SMILES string of the molecule is Cc1cccc(Oc2ccc(CCCCCOC3CN4CCC3CC4)cc2)c1. The largest absolute Gasteiger partial charge is 0.457 e. The van der Waals surface area contributed by atoms with Crippen molar-refractivity contribution in [2.45, 2.75) is 51.6 Å². The molecule has 3 fully saturated rings. The molecule has 0 radical (unpaired) electrons. The highest BCUT2D eigenvalue weighted by atomic mass is 16.5. The van der Waals surface area contributed by atoms with Crippen LogP contribution in [0.4, 0.5) is 0 Å². The Labute approximate surface area is 169 Å². The van der Waals surface area contributed by atoms with E-state index in [2.05, 4.69) is 48.2 Å². The normalized spacial score (nSPS) is 23.7. The average Bonchev–Trinajstić information content (AvgIpc) is 2.73. The van der Waals surface area contributed by atoms with E-state index in [1.807, 2.05) is 12.1 Å². The lowest BCUT2D eigenvalue weighted by Gasteiger charge is -2.44. The Morgan fingerprint density at radius 2 is 1.75 bits per heavy atom. The van der Waals surface area contributed by atoms with Crippen molar-refractivity contribution in [3.05, 3.63) is 59.7 Å². The summed E-state index contributed by atoms with van der Waals surface area (Å²) in [4.78, 5) is 2.57. The Kier molecular flexibility index (Phi) is 6.66. The molecule has 0 aliphatic carbocycles. The summed E-state index contributed by atoms with van der Waals surface area (Å²) >= 11 is 0. The zero-order valence-electron chi connectivity index (χ0n) is 17.1. The molecular weight excluding hydrogens is 346 g/mol. The highest BCUT2D eigenvalue weighted by Gasteiger charge is 2.34. The Hall–Kier alpha value is -1.84. The highest BCUT2D eigenvalue weighted by molar-refractivity contribution is 5.34. The molecule has 3 heteroatoms. The maximum Gasteiger partial charge on any atom is 0.127 e. The number of fused-ring (bicyclic) bond motifs is 3. The molecule has 0 amide bonds. The molecule has 0 saturated carbocycles. The fourth-order valence-corrected chi connectivity index (χ4v) is 4.48. The minimum atomic E-state index is 0.503. The number of hydrogen-bond acceptors (Lipinski definition) is 3. The number of aryl methyl sites for hydroxylation is 2. The first kappa shape index (κ1) is 19.5. The predicted octanol–water partition coefficient (Wildman–Crippen LogP) is 5.61. The second-order valence-corrected chi connectivity index (χ2v) is 8.42. The predicted molar refractivity (Wildman–Crippen MR) is 114 cm³/mol. The number of benzene rings is 2. The second-order valence-electron chi connectivity index (χ2n) is 8.42. The summed E-state index contributed by atoms with van der Waals surface area (Å²) in [7, 11) is 0. The van der Waals surface area contributed by atoms with E-state index in [9.17, 15) is 0 Å². The van der Waals surface area contributed by atoms with Crippen LogP contribution in [-0.2, 0) is 11.2 Å². The van der Waals surface area contributed by atoms with Crippen molar-refractivity contribution in [2.24, 2.45) is 5.92 Å². The minimum Gasteiger partial charge on any atom is -0.457 e. The van der Waals surface area contributed by atoms with Gasteiger partial charge in [-0.25, -0.2) is 0 Å². The van der Waals surface area contributed by atoms with E-state index in [1.165, 1.54) is 62.9 Å². The number of hydrogen-bond donors (Lipinski definition) is 0. The summed E-state index contributed by atoms with van der Waals surface area (Å²) in [5.74, 6) is 2.63. The number of rotatable bonds is 9. The molecule has 1 atom stereocenters. The van der Waals surface area contributed by atoms with Gasteiger partial charge in [-0.3, -0.25) is 0 Å². The van der Waals surface area contributed by atoms with Gasteiger partial charge < -0.3 is 14.4 Å². The summed E-state index contributed by atoms with van der Waals surface area (Å²) in [6.45, 7) is 6.76. The van der Waals surface area contributed by atoms with Crippen LogP contribution in [0.15, 0.2) is 48.5 Å². The smallest absolute Gasteiger partial charge is 0.127 e. The van der Waals surface area contributed by atoms with Gasteiger partial charge in [0.05, 0.1) is 6.10 Å². The Morgan fingerprint density at radius 3 is 2.46 bits per heavy atom. The number of nitrogens with zero attached hydrogens (tertiary/aromatic N) is 1. The molecule has 5 rings (SSSR count). The van der Waals surface area contributed by atoms with Crippen LogP contribution in [0.1, 0.15) is 43.2 Å². The third-order valence-corrected chi connectivity index (χ3v) is 6.19. The molecule has 28 heavy (non-hydrogen) atoms. The minimum absolute atomic E-state index is 0.503. The monoisotopic (exact) mass is 379 g/mol. The van der Waals surface area contributed by atoms with E-state index < -0.39 is 0 Å². The fraction of sp³-hybridized carbons (Fsp3) is 0.520. The molecule has 0 spiro atoms. The van der Waals surface area contributed by atoms with Crippen LogP contribution in [0.2, 0.25) is 0 Å². The summed E-state index contributed by atoms with van der Waals surface area (Å²) in [6.07, 6.45) is 7.96. The maximum atomic E-state index is 6.19. The molecule has 0 aromatic heterocycles. The third-order valence-electron chi connectivity index (χ3n) is 6.19. The van der Waals surface area contributed by atoms with Crippen molar-refractivity contribution in [1.29, 1.82) is 0 Å². The van der Waals surface area contributed by atoms with Gasteiger partial charge in [0.1, 0.15) is 11.5 Å². The lowest BCUT2D eigenvalue weighted by atomic mass is 9.86. The van der Waals surface area contributed by atoms with Gasteiger partial charge in [-0.05, 0) is 93.4 Å². The zero-order valence-corrected chi connectivity index (χ0v) is 17.1. The molecule has 3 heterocycles. The number of ether oxygens (including phenoxy) is 2. The van der Waals surface area contributed by atoms with Gasteiger partial charge in [0.25, 0.3) is 0 Å². The van der Waals surface area contributed by atoms with Crippen molar-refractivity contribution in [2.75, 3.05) is 26.2 Å². The van der Waals surface area contributed by atoms with Gasteiger partial charge in [-0.2, -0.15) is 0 Å². The van der Waals surface area contributed by atoms with E-state index in [-0.39, 0.29) is 0 Å². The number of unbranched alkanes of at least 4 members (excludes halogenated alkanes) is 2. The lowest BCUT2D eigenvalue weighted by molar-refractivity contribution is -0.0701. The van der Waals surface area contributed by atoms with Crippen LogP contribution >= 0.6 is 0 Å². The Balaban J connectivity index is 1.12. The summed E-state index contributed by atoms with van der Waals surface area (Å²) in [5.41, 5.74) is 2.60. The van der Waals surface area contributed by atoms with Gasteiger partial charge in [0.15, 0.2) is 0 Å². The number of piperidine rings is 3. The quantitative estimate of drug-likeness (QED) is 0.529. The molecule has 3 aliphatic rings. The molecule has 3 nitrogen and oxygen atoms in total. The third kappa shape index (κ3) is 5.36. The van der Waals surface area contributed by atoms with E-state index in [0.717, 1.165) is 30.4 Å². The average molecular weight is 380 g/mol. The first-order valence-electron chi connectivity index (χ1n) is 10.9. The highest BCUT2D eigenvalue weighted by Crippen LogP contribution is 2.29. The van der Waals surface area contributed by atoms with Crippen LogP contribution in [0, 0.1) is 12.8 Å². The van der Waals surface area contributed by atoms with Gasteiger partial charge in [-0.15, -0.1) is 0 Å². The van der Waals surface area contributed by atoms with Gasteiger partial charge in [0, 0.05) is 13.2 Å². The zero-order chi connectivity index (χ0) is 19.2. The van der Waals surface area contributed by atoms with E-state index in [1.54, 1.807) is 0 Å². The van der Waals surface area contributed by atoms with E-state index in [0.29, 0.717) is 6.10 Å². The molecule has 2 aromatic rings. The van der Waals surface area contributed by atoms with Crippen molar-refractivity contribution in [1.82, 2.24) is 4.90 Å². The molecule has 2 aromatic carbocycles. The van der Waals surface area contributed by atoms with Crippen LogP contribution in [0.5, 0.6) is 11.5 Å². The molecular formula is C25H33NO2. The first-order chi connectivity index (χ1) is 13.8. The van der Waals surface area contributed by atoms with E-state index >= 15 is 0 Å². The Bertz CT molecular complexity index is 734. The molecule has 3 saturated heterocycles. The van der Waals surface area contributed by atoms with Crippen molar-refractivity contribution in [3.8, 4) is 11.5 Å². The molecule has 150 valence electrons. The van der Waals surface area contributed by atoms with E-state index in [4.69, 9.17) is 9.47 Å². The molecule has 0 N–H and O–H groups in total. The van der Waals surface area contributed by atoms with Crippen LogP contribution in [-0.4, -0.2) is 37.2 Å². The van der Waals surface area contributed by atoms with Crippen molar-refractivity contribution < 1.29 is 9.47 Å². The fourth-order valence-electron chi connectivity index (χ4n) is 4.48. The van der Waals surface area contributed by atoms with Crippen molar-refractivity contribution >= 4 is 0 Å². The Morgan fingerprint density at radius 1 is 0.929 bits per heavy atom. The van der Waals surface area contributed by atoms with Crippen LogP contribution in [0.25, 0.3) is 0 Å². The maximum absolute atomic E-state index is 6.19. The second kappa shape index (κ2) is 9.58. The standard InChI is InChI=1S/C25H33NO2/c1-20-6-5-8-24(18-20)28-23-11-9-21(10-12-23)7-3-2-4-17-27-25-19-26-15-13-22(25)14-16-26/h5-6,8-12,18,22,25H,2-4,7,13-17,19H2,1H3. The summed E-state index contributed by atoms with van der Waals surface area (Å²) < 4.78 is 12.1. The summed E-state index contributed by atoms with van der Waals surface area (Å²) in [5, 5.41) is 0. The summed E-state index contributed by atoms with van der Waals surface area (Å²) in [6, 6.07) is 16.7. The molecule has 2 bridgehead atoms. The molecule has 1 unspecified atom stereocenters. The van der Waals surface area contributed by atoms with Gasteiger partial charge in [-0.1, -0.05) is 30.7 Å². The lowest BCUT2D eigenvalue weighted by Crippen LogP contribution is -2.51. The topological polar surface area (TPSA) is 21.7 Å². The molecule has 3 aliphatic heterocycles.